The second-order valence-electron chi connectivity index (χ2n) is 6.53. The fraction of sp³-hybridized carbons (Fsp3) is 0.263. The lowest BCUT2D eigenvalue weighted by atomic mass is 10.2. The van der Waals surface area contributed by atoms with Crippen LogP contribution in [-0.4, -0.2) is 15.0 Å². The maximum absolute atomic E-state index is 12.3. The standard InChI is InChI=1S/C19H18ClN3O2S/c1-22-14-9-13(21-18(24)11-7-8-11)17(10-15(14)23(2)19(22)25)26-16-6-4-3-5-12(16)20/h3-6,9-11H,7-8H2,1-2H3,(H,21,24). The van der Waals surface area contributed by atoms with E-state index in [1.54, 1.807) is 23.2 Å². The lowest BCUT2D eigenvalue weighted by Gasteiger charge is -2.13. The molecule has 0 radical (unpaired) electrons. The molecule has 1 N–H and O–H groups in total. The van der Waals surface area contributed by atoms with Crippen LogP contribution < -0.4 is 11.0 Å². The van der Waals surface area contributed by atoms with Gasteiger partial charge in [0, 0.05) is 29.8 Å². The Hall–Kier alpha value is -2.18. The molecule has 1 aliphatic rings. The minimum atomic E-state index is -0.0978. The highest BCUT2D eigenvalue weighted by Gasteiger charge is 2.30. The van der Waals surface area contributed by atoms with E-state index in [2.05, 4.69) is 5.32 Å². The van der Waals surface area contributed by atoms with Crippen molar-refractivity contribution in [2.24, 2.45) is 20.0 Å². The topological polar surface area (TPSA) is 56.0 Å². The van der Waals surface area contributed by atoms with E-state index in [-0.39, 0.29) is 17.5 Å². The third kappa shape index (κ3) is 3.04. The van der Waals surface area contributed by atoms with Gasteiger partial charge in [0.2, 0.25) is 5.91 Å². The molecule has 26 heavy (non-hydrogen) atoms. The smallest absolute Gasteiger partial charge is 0.325 e. The number of hydrogen-bond acceptors (Lipinski definition) is 3. The van der Waals surface area contributed by atoms with Gasteiger partial charge in [-0.3, -0.25) is 13.9 Å². The summed E-state index contributed by atoms with van der Waals surface area (Å²) in [6, 6.07) is 11.4. The van der Waals surface area contributed by atoms with Crippen molar-refractivity contribution in [2.45, 2.75) is 22.6 Å². The Morgan fingerprint density at radius 2 is 1.77 bits per heavy atom. The summed E-state index contributed by atoms with van der Waals surface area (Å²) < 4.78 is 3.20. The number of halogens is 1. The molecule has 134 valence electrons. The molecule has 1 aliphatic carbocycles. The molecule has 0 atom stereocenters. The minimum absolute atomic E-state index is 0.0336. The number of nitrogens with zero attached hydrogens (tertiary/aromatic N) is 2. The maximum atomic E-state index is 12.3. The van der Waals surface area contributed by atoms with Gasteiger partial charge in [0.1, 0.15) is 0 Å². The van der Waals surface area contributed by atoms with Gasteiger partial charge in [-0.2, -0.15) is 0 Å². The Labute approximate surface area is 160 Å². The van der Waals surface area contributed by atoms with Gasteiger partial charge in [0.05, 0.1) is 21.7 Å². The molecule has 1 fully saturated rings. The Kier molecular flexibility index (Phi) is 4.32. The number of benzene rings is 2. The number of carbonyl (C=O) groups is 1. The van der Waals surface area contributed by atoms with Crippen LogP contribution in [0.25, 0.3) is 11.0 Å². The van der Waals surface area contributed by atoms with E-state index in [0.29, 0.717) is 10.7 Å². The van der Waals surface area contributed by atoms with Crippen LogP contribution >= 0.6 is 23.4 Å². The predicted octanol–water partition coefficient (Wildman–Crippen LogP) is 4.03. The van der Waals surface area contributed by atoms with E-state index in [1.807, 2.05) is 36.4 Å². The van der Waals surface area contributed by atoms with E-state index < -0.39 is 0 Å². The Bertz CT molecular complexity index is 1080. The maximum Gasteiger partial charge on any atom is 0.328 e. The van der Waals surface area contributed by atoms with Gasteiger partial charge in [0.15, 0.2) is 0 Å². The number of rotatable bonds is 4. The lowest BCUT2D eigenvalue weighted by molar-refractivity contribution is -0.117. The molecule has 0 unspecified atom stereocenters. The molecule has 0 spiro atoms. The highest BCUT2D eigenvalue weighted by molar-refractivity contribution is 7.99. The van der Waals surface area contributed by atoms with Gasteiger partial charge in [-0.25, -0.2) is 4.79 Å². The summed E-state index contributed by atoms with van der Waals surface area (Å²) in [5.74, 6) is 0.134. The summed E-state index contributed by atoms with van der Waals surface area (Å²) in [6.45, 7) is 0. The van der Waals surface area contributed by atoms with Crippen molar-refractivity contribution < 1.29 is 4.79 Å². The fourth-order valence-electron chi connectivity index (χ4n) is 2.93. The zero-order valence-corrected chi connectivity index (χ0v) is 16.0. The van der Waals surface area contributed by atoms with Gasteiger partial charge >= 0.3 is 5.69 Å². The first-order valence-electron chi connectivity index (χ1n) is 8.38. The van der Waals surface area contributed by atoms with Crippen LogP contribution in [0.1, 0.15) is 12.8 Å². The number of aromatic nitrogens is 2. The number of anilines is 1. The van der Waals surface area contributed by atoms with Gasteiger partial charge in [-0.05, 0) is 37.1 Å². The van der Waals surface area contributed by atoms with Crippen LogP contribution in [0.3, 0.4) is 0 Å². The average Bonchev–Trinajstić information content (AvgIpc) is 3.45. The number of nitrogens with one attached hydrogen (secondary N) is 1. The van der Waals surface area contributed by atoms with Crippen molar-refractivity contribution in [1.82, 2.24) is 9.13 Å². The molecular weight excluding hydrogens is 370 g/mol. The Morgan fingerprint density at radius 3 is 2.42 bits per heavy atom. The largest absolute Gasteiger partial charge is 0.328 e. The third-order valence-electron chi connectivity index (χ3n) is 4.64. The van der Waals surface area contributed by atoms with Crippen molar-refractivity contribution in [3.8, 4) is 0 Å². The lowest BCUT2D eigenvalue weighted by Crippen LogP contribution is -2.19. The van der Waals surface area contributed by atoms with Gasteiger partial charge < -0.3 is 5.32 Å². The summed E-state index contributed by atoms with van der Waals surface area (Å²) >= 11 is 7.79. The summed E-state index contributed by atoms with van der Waals surface area (Å²) in [5.41, 5.74) is 2.21. The molecule has 1 saturated carbocycles. The SMILES string of the molecule is Cn1c(=O)n(C)c2cc(Sc3ccccc3Cl)c(NC(=O)C3CC3)cc21. The highest BCUT2D eigenvalue weighted by Crippen LogP contribution is 2.40. The first-order chi connectivity index (χ1) is 12.5. The van der Waals surface area contributed by atoms with Gasteiger partial charge in [-0.15, -0.1) is 0 Å². The number of carbonyl (C=O) groups excluding carboxylic acids is 1. The summed E-state index contributed by atoms with van der Waals surface area (Å²) in [6.07, 6.45) is 1.87. The average molecular weight is 388 g/mol. The zero-order chi connectivity index (χ0) is 18.4. The zero-order valence-electron chi connectivity index (χ0n) is 14.5. The van der Waals surface area contributed by atoms with E-state index in [1.165, 1.54) is 11.8 Å². The molecule has 2 aromatic carbocycles. The van der Waals surface area contributed by atoms with Crippen molar-refractivity contribution in [3.63, 3.8) is 0 Å². The normalized spacial score (nSPS) is 14.0. The molecular formula is C19H18ClN3O2S. The molecule has 0 aliphatic heterocycles. The van der Waals surface area contributed by atoms with Crippen molar-refractivity contribution in [2.75, 3.05) is 5.32 Å². The molecule has 1 amide bonds. The molecule has 4 rings (SSSR count). The number of amides is 1. The van der Waals surface area contributed by atoms with Crippen LogP contribution in [0, 0.1) is 5.92 Å². The number of imidazole rings is 1. The van der Waals surface area contributed by atoms with Crippen molar-refractivity contribution >= 4 is 46.0 Å². The quantitative estimate of drug-likeness (QED) is 0.735. The van der Waals surface area contributed by atoms with Gasteiger partial charge in [-0.1, -0.05) is 35.5 Å². The summed E-state index contributed by atoms with van der Waals surface area (Å²) in [4.78, 5) is 26.4. The number of hydrogen-bond donors (Lipinski definition) is 1. The molecule has 0 bridgehead atoms. The van der Waals surface area contributed by atoms with Gasteiger partial charge in [0.25, 0.3) is 0 Å². The number of aryl methyl sites for hydroxylation is 2. The molecule has 0 saturated heterocycles. The molecule has 5 nitrogen and oxygen atoms in total. The molecule has 1 heterocycles. The molecule has 3 aromatic rings. The van der Waals surface area contributed by atoms with Crippen LogP contribution in [0.5, 0.6) is 0 Å². The predicted molar refractivity (Wildman–Crippen MR) is 105 cm³/mol. The fourth-order valence-corrected chi connectivity index (χ4v) is 4.13. The molecule has 1 aromatic heterocycles. The first kappa shape index (κ1) is 17.2. The van der Waals surface area contributed by atoms with Crippen LogP contribution in [0.4, 0.5) is 5.69 Å². The third-order valence-corrected chi connectivity index (χ3v) is 6.21. The van der Waals surface area contributed by atoms with Crippen molar-refractivity contribution in [1.29, 1.82) is 0 Å². The Morgan fingerprint density at radius 1 is 1.12 bits per heavy atom. The monoisotopic (exact) mass is 387 g/mol. The van der Waals surface area contributed by atoms with E-state index in [9.17, 15) is 9.59 Å². The Balaban J connectivity index is 1.84. The highest BCUT2D eigenvalue weighted by atomic mass is 35.5. The van der Waals surface area contributed by atoms with Crippen molar-refractivity contribution in [3.05, 3.63) is 51.9 Å². The van der Waals surface area contributed by atoms with Crippen LogP contribution in [-0.2, 0) is 18.9 Å². The number of fused-ring (bicyclic) bond motifs is 1. The second kappa shape index (κ2) is 6.52. The van der Waals surface area contributed by atoms with E-state index >= 15 is 0 Å². The van der Waals surface area contributed by atoms with E-state index in [4.69, 9.17) is 11.6 Å². The first-order valence-corrected chi connectivity index (χ1v) is 9.58. The van der Waals surface area contributed by atoms with Crippen LogP contribution in [0.15, 0.2) is 51.0 Å². The summed E-state index contributed by atoms with van der Waals surface area (Å²) in [7, 11) is 3.48. The molecule has 7 heteroatoms. The second-order valence-corrected chi connectivity index (χ2v) is 8.02. The minimum Gasteiger partial charge on any atom is -0.325 e. The summed E-state index contributed by atoms with van der Waals surface area (Å²) in [5, 5.41) is 3.68. The van der Waals surface area contributed by atoms with Crippen LogP contribution in [0.2, 0.25) is 5.02 Å². The van der Waals surface area contributed by atoms with E-state index in [0.717, 1.165) is 33.7 Å².